The van der Waals surface area contributed by atoms with Gasteiger partial charge in [-0.25, -0.2) is 4.99 Å². The third-order valence-electron chi connectivity index (χ3n) is 5.64. The van der Waals surface area contributed by atoms with E-state index >= 15 is 0 Å². The molecule has 0 heterocycles. The van der Waals surface area contributed by atoms with E-state index in [0.717, 1.165) is 24.0 Å². The summed E-state index contributed by atoms with van der Waals surface area (Å²) in [5.74, 6) is 0.644. The van der Waals surface area contributed by atoms with E-state index in [4.69, 9.17) is 10.5 Å². The fourth-order valence-electron chi connectivity index (χ4n) is 4.26. The lowest BCUT2D eigenvalue weighted by Gasteiger charge is -2.28. The summed E-state index contributed by atoms with van der Waals surface area (Å²) in [5.41, 5.74) is 11.5. The molecule has 0 bridgehead atoms. The van der Waals surface area contributed by atoms with Crippen molar-refractivity contribution in [3.8, 4) is 5.75 Å². The van der Waals surface area contributed by atoms with Crippen molar-refractivity contribution in [2.45, 2.75) is 38.8 Å². The molecule has 0 saturated carbocycles. The number of aliphatic hydroxyl groups is 2. The molecule has 7 heteroatoms. The van der Waals surface area contributed by atoms with E-state index in [1.54, 1.807) is 0 Å². The second-order valence-corrected chi connectivity index (χ2v) is 8.64. The van der Waals surface area contributed by atoms with Gasteiger partial charge in [0.05, 0.1) is 30.7 Å². The Morgan fingerprint density at radius 3 is 2.59 bits per heavy atom. The highest BCUT2D eigenvalue weighted by molar-refractivity contribution is 7.97. The molecule has 0 aromatic heterocycles. The van der Waals surface area contributed by atoms with Crippen LogP contribution >= 0.6 is 12.6 Å². The average molecular weight is 456 g/mol. The highest BCUT2D eigenvalue weighted by Gasteiger charge is 2.29. The van der Waals surface area contributed by atoms with Crippen molar-refractivity contribution >= 4 is 29.1 Å². The van der Waals surface area contributed by atoms with Crippen LogP contribution in [0.5, 0.6) is 5.75 Å². The maximum Gasteiger partial charge on any atom is 0.142 e. The number of aliphatic hydroxyl groups excluding tert-OH is 2. The molecule has 32 heavy (non-hydrogen) atoms. The summed E-state index contributed by atoms with van der Waals surface area (Å²) >= 11 is 4.60. The number of benzene rings is 2. The van der Waals surface area contributed by atoms with Crippen LogP contribution in [0.2, 0.25) is 0 Å². The average Bonchev–Trinajstić information content (AvgIpc) is 3.18. The van der Waals surface area contributed by atoms with Crippen LogP contribution in [0.25, 0.3) is 5.70 Å². The molecule has 1 atom stereocenters. The Morgan fingerprint density at radius 1 is 1.25 bits per heavy atom. The van der Waals surface area contributed by atoms with E-state index in [0.29, 0.717) is 35.3 Å². The van der Waals surface area contributed by atoms with Gasteiger partial charge in [-0.2, -0.15) is 0 Å². The van der Waals surface area contributed by atoms with Gasteiger partial charge in [0.15, 0.2) is 0 Å². The fourth-order valence-corrected chi connectivity index (χ4v) is 4.52. The summed E-state index contributed by atoms with van der Waals surface area (Å²) in [6, 6.07) is 11.9. The standard InChI is InChI=1S/C25H33N3O3S/c1-16(2)31-24-10-7-18(15-22(24)26)25(32)27-17(3)19-5-4-6-21-20(19)8-9-23(21)28(11-13-29)12-14-30/h4-7,10,15-16,23,29-30H,3,8-9,11-14,26H2,1-2H3,(H,27,32)/t23-/m0/s1. The minimum absolute atomic E-state index is 0.0433. The number of ether oxygens (including phenoxy) is 1. The van der Waals surface area contributed by atoms with Crippen LogP contribution in [-0.4, -0.2) is 52.6 Å². The molecule has 0 spiro atoms. The molecule has 0 radical (unpaired) electrons. The number of hydrogen-bond donors (Lipinski definition) is 4. The number of nitrogen functional groups attached to an aromatic ring is 1. The topological polar surface area (TPSA) is 91.3 Å². The molecular weight excluding hydrogens is 422 g/mol. The highest BCUT2D eigenvalue weighted by atomic mass is 32.1. The number of rotatable bonds is 10. The first-order chi connectivity index (χ1) is 15.3. The molecule has 2 aromatic rings. The first-order valence-corrected chi connectivity index (χ1v) is 11.4. The lowest BCUT2D eigenvalue weighted by atomic mass is 10.00. The van der Waals surface area contributed by atoms with E-state index in [2.05, 4.69) is 35.2 Å². The molecule has 4 N–H and O–H groups in total. The first-order valence-electron chi connectivity index (χ1n) is 11.0. The molecule has 0 unspecified atom stereocenters. The Balaban J connectivity index is 1.85. The molecular formula is C25H33N3O3S. The van der Waals surface area contributed by atoms with Gasteiger partial charge in [-0.15, -0.1) is 12.6 Å². The molecule has 0 fully saturated rings. The number of anilines is 1. The number of thiol groups is 1. The fraction of sp³-hybridized carbons (Fsp3) is 0.400. The zero-order valence-electron chi connectivity index (χ0n) is 18.8. The smallest absolute Gasteiger partial charge is 0.142 e. The molecule has 0 amide bonds. The Labute approximate surface area is 195 Å². The lowest BCUT2D eigenvalue weighted by molar-refractivity contribution is 0.121. The Kier molecular flexibility index (Phi) is 8.37. The number of hydrogen-bond acceptors (Lipinski definition) is 6. The van der Waals surface area contributed by atoms with E-state index in [-0.39, 0.29) is 25.4 Å². The van der Waals surface area contributed by atoms with Gasteiger partial charge in [0.25, 0.3) is 0 Å². The number of nitrogens with two attached hydrogens (primary N) is 1. The summed E-state index contributed by atoms with van der Waals surface area (Å²) in [5, 5.41) is 19.4. The zero-order valence-corrected chi connectivity index (χ0v) is 19.7. The van der Waals surface area contributed by atoms with Gasteiger partial charge in [0, 0.05) is 30.3 Å². The van der Waals surface area contributed by atoms with Crippen LogP contribution in [0.15, 0.2) is 48.0 Å². The van der Waals surface area contributed by atoms with Gasteiger partial charge in [-0.3, -0.25) is 4.90 Å². The molecule has 0 saturated heterocycles. The minimum atomic E-state index is 0.0433. The molecule has 0 aliphatic heterocycles. The van der Waals surface area contributed by atoms with Gasteiger partial charge >= 0.3 is 0 Å². The molecule has 6 nitrogen and oxygen atoms in total. The Morgan fingerprint density at radius 2 is 1.97 bits per heavy atom. The van der Waals surface area contributed by atoms with Crippen LogP contribution in [0.4, 0.5) is 5.69 Å². The summed E-state index contributed by atoms with van der Waals surface area (Å²) in [6.45, 7) is 9.32. The van der Waals surface area contributed by atoms with Crippen molar-refractivity contribution < 1.29 is 14.9 Å². The summed E-state index contributed by atoms with van der Waals surface area (Å²) < 4.78 is 5.70. The quantitative estimate of drug-likeness (QED) is 0.190. The van der Waals surface area contributed by atoms with E-state index < -0.39 is 0 Å². The SMILES string of the molecule is C=C(/N=C(\S)c1ccc(OC(C)C)c(N)c1)c1cccc2c1CC[C@@H]2N(CCO)CCO. The first kappa shape index (κ1) is 24.3. The van der Waals surface area contributed by atoms with E-state index in [1.807, 2.05) is 44.2 Å². The van der Waals surface area contributed by atoms with Crippen molar-refractivity contribution in [1.29, 1.82) is 0 Å². The third-order valence-corrected chi connectivity index (χ3v) is 5.99. The summed E-state index contributed by atoms with van der Waals surface area (Å²) in [6.07, 6.45) is 1.88. The molecule has 2 aromatic carbocycles. The number of aliphatic imine (C=N–C) groups is 1. The normalized spacial score (nSPS) is 16.0. The van der Waals surface area contributed by atoms with Crippen LogP contribution in [0, 0.1) is 0 Å². The molecule has 1 aliphatic carbocycles. The second-order valence-electron chi connectivity index (χ2n) is 8.21. The van der Waals surface area contributed by atoms with Crippen LogP contribution in [-0.2, 0) is 6.42 Å². The van der Waals surface area contributed by atoms with Crippen molar-refractivity contribution in [3.05, 3.63) is 65.2 Å². The predicted molar refractivity (Wildman–Crippen MR) is 134 cm³/mol. The van der Waals surface area contributed by atoms with E-state index in [9.17, 15) is 10.2 Å². The Bertz CT molecular complexity index is 984. The second kappa shape index (κ2) is 11.0. The van der Waals surface area contributed by atoms with Gasteiger partial charge in [0.2, 0.25) is 0 Å². The molecule has 172 valence electrons. The van der Waals surface area contributed by atoms with Crippen molar-refractivity contribution in [2.24, 2.45) is 4.99 Å². The number of nitrogens with zero attached hydrogens (tertiary/aromatic N) is 2. The monoisotopic (exact) mass is 455 g/mol. The van der Waals surface area contributed by atoms with Crippen molar-refractivity contribution in [2.75, 3.05) is 32.0 Å². The number of fused-ring (bicyclic) bond motifs is 1. The summed E-state index contributed by atoms with van der Waals surface area (Å²) in [7, 11) is 0. The lowest BCUT2D eigenvalue weighted by Crippen LogP contribution is -2.32. The van der Waals surface area contributed by atoms with Gasteiger partial charge < -0.3 is 20.7 Å². The third kappa shape index (κ3) is 5.53. The summed E-state index contributed by atoms with van der Waals surface area (Å²) in [4.78, 5) is 6.80. The maximum absolute atomic E-state index is 9.42. The van der Waals surface area contributed by atoms with Crippen molar-refractivity contribution in [1.82, 2.24) is 4.90 Å². The highest BCUT2D eigenvalue weighted by Crippen LogP contribution is 2.39. The van der Waals surface area contributed by atoms with Crippen molar-refractivity contribution in [3.63, 3.8) is 0 Å². The van der Waals surface area contributed by atoms with E-state index in [1.165, 1.54) is 11.1 Å². The van der Waals surface area contributed by atoms with Gasteiger partial charge in [0.1, 0.15) is 10.8 Å². The maximum atomic E-state index is 9.42. The molecule has 1 aliphatic rings. The molecule has 3 rings (SSSR count). The predicted octanol–water partition coefficient (Wildman–Crippen LogP) is 3.68. The minimum Gasteiger partial charge on any atom is -0.489 e. The Hall–Kier alpha value is -2.32. The van der Waals surface area contributed by atoms with Crippen LogP contribution in [0.1, 0.15) is 48.6 Å². The zero-order chi connectivity index (χ0) is 23.3. The van der Waals surface area contributed by atoms with Gasteiger partial charge in [-0.1, -0.05) is 24.8 Å². The van der Waals surface area contributed by atoms with Crippen LogP contribution < -0.4 is 10.5 Å². The van der Waals surface area contributed by atoms with Gasteiger partial charge in [-0.05, 0) is 56.0 Å². The largest absolute Gasteiger partial charge is 0.489 e. The van der Waals surface area contributed by atoms with Crippen LogP contribution in [0.3, 0.4) is 0 Å².